The third-order valence-corrected chi connectivity index (χ3v) is 3.72. The second-order valence-corrected chi connectivity index (χ2v) is 5.07. The number of hydrogen-bond donors (Lipinski definition) is 1. The maximum absolute atomic E-state index is 11.6. The van der Waals surface area contributed by atoms with Crippen LogP contribution in [0.3, 0.4) is 0 Å². The summed E-state index contributed by atoms with van der Waals surface area (Å²) in [5.74, 6) is -0.563. The molecule has 0 radical (unpaired) electrons. The molecule has 2 heterocycles. The number of hydrogen-bond acceptors (Lipinski definition) is 8. The zero-order valence-electron chi connectivity index (χ0n) is 9.23. The Balaban J connectivity index is 2.29. The monoisotopic (exact) mass is 284 g/mol. The Hall–Kier alpha value is -1.81. The van der Waals surface area contributed by atoms with E-state index in [9.17, 15) is 9.59 Å². The molecule has 2 N–H and O–H groups in total. The Labute approximate surface area is 109 Å². The second-order valence-electron chi connectivity index (χ2n) is 3.27. The topological polar surface area (TPSA) is 117 Å². The first kappa shape index (κ1) is 12.6. The molecule has 10 heteroatoms. The van der Waals surface area contributed by atoms with Crippen molar-refractivity contribution < 1.29 is 4.79 Å². The smallest absolute Gasteiger partial charge is 0.265 e. The molecule has 0 saturated heterocycles. The molecular weight excluding hydrogens is 276 g/mol. The molecule has 2 aromatic heterocycles. The van der Waals surface area contributed by atoms with Gasteiger partial charge in [-0.1, -0.05) is 11.3 Å². The van der Waals surface area contributed by atoms with E-state index in [1.165, 1.54) is 4.68 Å². The van der Waals surface area contributed by atoms with Gasteiger partial charge in [-0.25, -0.2) is 9.67 Å². The molecule has 0 aliphatic carbocycles. The highest BCUT2D eigenvalue weighted by Gasteiger charge is 2.13. The number of carbonyl (C=O) groups is 1. The Kier molecular flexibility index (Phi) is 3.67. The molecule has 1 amide bonds. The summed E-state index contributed by atoms with van der Waals surface area (Å²) < 4.78 is 1.04. The second kappa shape index (κ2) is 5.23. The highest BCUT2D eigenvalue weighted by atomic mass is 32.2. The summed E-state index contributed by atoms with van der Waals surface area (Å²) in [6.45, 7) is 1.64. The molecule has 0 aliphatic heterocycles. The predicted octanol–water partition coefficient (Wildman–Crippen LogP) is -0.565. The van der Waals surface area contributed by atoms with Gasteiger partial charge in [-0.05, 0) is 29.1 Å². The van der Waals surface area contributed by atoms with Crippen molar-refractivity contribution in [1.29, 1.82) is 0 Å². The Morgan fingerprint density at radius 1 is 1.61 bits per heavy atom. The average molecular weight is 284 g/mol. The van der Waals surface area contributed by atoms with Gasteiger partial charge in [0.1, 0.15) is 6.54 Å². The van der Waals surface area contributed by atoms with Crippen LogP contribution in [0, 0.1) is 6.92 Å². The molecule has 0 bridgehead atoms. The van der Waals surface area contributed by atoms with E-state index in [1.54, 1.807) is 12.3 Å². The van der Waals surface area contributed by atoms with Crippen LogP contribution >= 0.6 is 23.1 Å². The molecule has 94 valence electrons. The number of primary amides is 1. The lowest BCUT2D eigenvalue weighted by molar-refractivity contribution is -0.118. The normalized spacial score (nSPS) is 10.5. The summed E-state index contributed by atoms with van der Waals surface area (Å²) in [6.07, 6.45) is 0. The minimum absolute atomic E-state index is 0.140. The van der Waals surface area contributed by atoms with E-state index >= 15 is 0 Å². The van der Waals surface area contributed by atoms with Crippen molar-refractivity contribution in [2.75, 3.05) is 0 Å². The third-order valence-electron chi connectivity index (χ3n) is 1.78. The van der Waals surface area contributed by atoms with Crippen molar-refractivity contribution in [3.8, 4) is 0 Å². The van der Waals surface area contributed by atoms with Gasteiger partial charge < -0.3 is 5.73 Å². The largest absolute Gasteiger partial charge is 0.368 e. The predicted molar refractivity (Wildman–Crippen MR) is 64.3 cm³/mol. The van der Waals surface area contributed by atoms with E-state index in [2.05, 4.69) is 20.5 Å². The standard InChI is InChI=1S/C8H8N6O2S2/c1-4-3-17-7(16)6(10-4)18-8-11-12-13-14(8)2-5(9)15/h3H,2H2,1H3,(H2,9,15). The molecule has 8 nitrogen and oxygen atoms in total. The van der Waals surface area contributed by atoms with Crippen LogP contribution in [0.2, 0.25) is 0 Å². The highest BCUT2D eigenvalue weighted by Crippen LogP contribution is 2.21. The minimum atomic E-state index is -0.563. The fraction of sp³-hybridized carbons (Fsp3) is 0.250. The minimum Gasteiger partial charge on any atom is -0.368 e. The van der Waals surface area contributed by atoms with E-state index in [0.717, 1.165) is 28.8 Å². The fourth-order valence-corrected chi connectivity index (χ4v) is 2.56. The number of amides is 1. The maximum Gasteiger partial charge on any atom is 0.265 e. The Bertz CT molecular complexity index is 637. The quantitative estimate of drug-likeness (QED) is 0.799. The first-order valence-corrected chi connectivity index (χ1v) is 6.44. The molecule has 18 heavy (non-hydrogen) atoms. The number of nitrogens with two attached hydrogens (primary N) is 1. The lowest BCUT2D eigenvalue weighted by Gasteiger charge is -2.00. The first-order chi connectivity index (χ1) is 8.56. The van der Waals surface area contributed by atoms with E-state index in [4.69, 9.17) is 5.73 Å². The molecular formula is C8H8N6O2S2. The Morgan fingerprint density at radius 3 is 3.11 bits per heavy atom. The van der Waals surface area contributed by atoms with Crippen LogP contribution in [0.1, 0.15) is 5.69 Å². The van der Waals surface area contributed by atoms with Crippen LogP contribution in [-0.2, 0) is 11.3 Å². The number of tetrazole rings is 1. The molecule has 0 fully saturated rings. The molecule has 0 unspecified atom stereocenters. The van der Waals surface area contributed by atoms with Crippen molar-refractivity contribution in [2.24, 2.45) is 5.73 Å². The molecule has 0 atom stereocenters. The van der Waals surface area contributed by atoms with E-state index in [1.807, 2.05) is 0 Å². The van der Waals surface area contributed by atoms with Gasteiger partial charge in [0.15, 0.2) is 5.03 Å². The van der Waals surface area contributed by atoms with Crippen LogP contribution in [0.4, 0.5) is 0 Å². The van der Waals surface area contributed by atoms with Gasteiger partial charge in [0, 0.05) is 11.1 Å². The van der Waals surface area contributed by atoms with Gasteiger partial charge >= 0.3 is 0 Å². The summed E-state index contributed by atoms with van der Waals surface area (Å²) >= 11 is 2.06. The number of aromatic nitrogens is 5. The molecule has 0 spiro atoms. The van der Waals surface area contributed by atoms with Crippen molar-refractivity contribution in [1.82, 2.24) is 25.2 Å². The Morgan fingerprint density at radius 2 is 2.39 bits per heavy atom. The van der Waals surface area contributed by atoms with Crippen LogP contribution in [0.25, 0.3) is 0 Å². The maximum atomic E-state index is 11.6. The van der Waals surface area contributed by atoms with Crippen molar-refractivity contribution in [2.45, 2.75) is 23.7 Å². The van der Waals surface area contributed by atoms with Crippen LogP contribution in [-0.4, -0.2) is 31.1 Å². The van der Waals surface area contributed by atoms with Gasteiger partial charge in [0.05, 0.1) is 0 Å². The first-order valence-electron chi connectivity index (χ1n) is 4.75. The SMILES string of the molecule is Cc1csc(=O)c(Sc2nnnn2CC(N)=O)n1. The number of aryl methyl sites for hydroxylation is 1. The third kappa shape index (κ3) is 2.90. The zero-order valence-corrected chi connectivity index (χ0v) is 10.9. The van der Waals surface area contributed by atoms with Crippen molar-refractivity contribution in [3.05, 3.63) is 20.6 Å². The number of carbonyl (C=O) groups excluding carboxylic acids is 1. The van der Waals surface area contributed by atoms with E-state index in [0.29, 0.717) is 5.16 Å². The van der Waals surface area contributed by atoms with Crippen LogP contribution < -0.4 is 10.5 Å². The van der Waals surface area contributed by atoms with Crippen molar-refractivity contribution >= 4 is 29.0 Å². The van der Waals surface area contributed by atoms with Crippen LogP contribution in [0.15, 0.2) is 20.4 Å². The van der Waals surface area contributed by atoms with Gasteiger partial charge in [0.25, 0.3) is 4.74 Å². The van der Waals surface area contributed by atoms with Gasteiger partial charge in [-0.2, -0.15) is 0 Å². The van der Waals surface area contributed by atoms with E-state index in [-0.39, 0.29) is 16.3 Å². The van der Waals surface area contributed by atoms with Gasteiger partial charge in [-0.3, -0.25) is 9.59 Å². The lowest BCUT2D eigenvalue weighted by atomic mass is 10.6. The van der Waals surface area contributed by atoms with Crippen LogP contribution in [0.5, 0.6) is 0 Å². The molecule has 0 aromatic carbocycles. The zero-order chi connectivity index (χ0) is 13.1. The average Bonchev–Trinajstić information content (AvgIpc) is 2.70. The lowest BCUT2D eigenvalue weighted by Crippen LogP contribution is -2.20. The van der Waals surface area contributed by atoms with E-state index < -0.39 is 5.91 Å². The summed E-state index contributed by atoms with van der Waals surface area (Å²) in [5, 5.41) is 13.0. The van der Waals surface area contributed by atoms with Gasteiger partial charge in [-0.15, -0.1) is 5.10 Å². The molecule has 0 saturated carbocycles. The van der Waals surface area contributed by atoms with Crippen molar-refractivity contribution in [3.63, 3.8) is 0 Å². The molecule has 2 rings (SSSR count). The molecule has 0 aliphatic rings. The highest BCUT2D eigenvalue weighted by molar-refractivity contribution is 7.99. The summed E-state index contributed by atoms with van der Waals surface area (Å²) in [6, 6.07) is 0. The summed E-state index contributed by atoms with van der Waals surface area (Å²) in [4.78, 5) is 26.5. The fourth-order valence-electron chi connectivity index (χ4n) is 1.09. The number of nitrogens with zero attached hydrogens (tertiary/aromatic N) is 5. The number of rotatable bonds is 4. The molecule has 2 aromatic rings. The summed E-state index contributed by atoms with van der Waals surface area (Å²) in [7, 11) is 0. The van der Waals surface area contributed by atoms with Gasteiger partial charge in [0.2, 0.25) is 11.1 Å². The summed E-state index contributed by atoms with van der Waals surface area (Å²) in [5.41, 5.74) is 5.79.